The maximum atomic E-state index is 11.7. The fourth-order valence-corrected chi connectivity index (χ4v) is 2.73. The molecule has 0 aliphatic carbocycles. The molecule has 0 radical (unpaired) electrons. The minimum absolute atomic E-state index is 0.0277. The SMILES string of the molecule is CCCS(=O)(=O)Nc1ccc(NC(C)=O)cc1C(=O)O. The standard InChI is InChI=1S/C12H16N2O5S/c1-3-6-20(18,19)14-11-5-4-9(13-8(2)15)7-10(11)12(16)17/h4-5,7,14H,3,6H2,1-2H3,(H,13,15)(H,16,17). The van der Waals surface area contributed by atoms with Gasteiger partial charge in [-0.05, 0) is 24.6 Å². The summed E-state index contributed by atoms with van der Waals surface area (Å²) in [5.74, 6) is -1.73. The minimum atomic E-state index is -3.58. The van der Waals surface area contributed by atoms with Crippen LogP contribution < -0.4 is 10.0 Å². The molecule has 110 valence electrons. The summed E-state index contributed by atoms with van der Waals surface area (Å²) >= 11 is 0. The van der Waals surface area contributed by atoms with E-state index in [4.69, 9.17) is 5.11 Å². The first-order valence-electron chi connectivity index (χ1n) is 5.90. The molecule has 1 aromatic carbocycles. The highest BCUT2D eigenvalue weighted by atomic mass is 32.2. The number of hydrogen-bond acceptors (Lipinski definition) is 4. The van der Waals surface area contributed by atoms with Gasteiger partial charge >= 0.3 is 5.97 Å². The number of aromatic carboxylic acids is 1. The molecule has 0 aliphatic rings. The van der Waals surface area contributed by atoms with Crippen molar-refractivity contribution >= 4 is 33.3 Å². The summed E-state index contributed by atoms with van der Waals surface area (Å²) in [5.41, 5.74) is 0.0318. The van der Waals surface area contributed by atoms with Crippen molar-refractivity contribution in [3.63, 3.8) is 0 Å². The number of carbonyl (C=O) groups excluding carboxylic acids is 1. The fraction of sp³-hybridized carbons (Fsp3) is 0.333. The Hall–Kier alpha value is -2.09. The lowest BCUT2D eigenvalue weighted by molar-refractivity contribution is -0.114. The Morgan fingerprint density at radius 2 is 1.95 bits per heavy atom. The highest BCUT2D eigenvalue weighted by Crippen LogP contribution is 2.22. The number of rotatable bonds is 6. The smallest absolute Gasteiger partial charge is 0.337 e. The first kappa shape index (κ1) is 16.0. The summed E-state index contributed by atoms with van der Waals surface area (Å²) in [7, 11) is -3.58. The van der Waals surface area contributed by atoms with Gasteiger partial charge in [0.1, 0.15) is 0 Å². The molecule has 20 heavy (non-hydrogen) atoms. The largest absolute Gasteiger partial charge is 0.478 e. The van der Waals surface area contributed by atoms with Crippen molar-refractivity contribution in [3.8, 4) is 0 Å². The van der Waals surface area contributed by atoms with E-state index in [1.54, 1.807) is 6.92 Å². The van der Waals surface area contributed by atoms with E-state index in [2.05, 4.69) is 10.0 Å². The molecule has 8 heteroatoms. The van der Waals surface area contributed by atoms with Gasteiger partial charge in [0.05, 0.1) is 17.0 Å². The molecule has 0 saturated heterocycles. The zero-order chi connectivity index (χ0) is 15.3. The van der Waals surface area contributed by atoms with E-state index in [0.717, 1.165) is 0 Å². The Morgan fingerprint density at radius 3 is 2.45 bits per heavy atom. The third-order valence-corrected chi connectivity index (χ3v) is 3.79. The lowest BCUT2D eigenvalue weighted by Crippen LogP contribution is -2.18. The van der Waals surface area contributed by atoms with Gasteiger partial charge in [-0.25, -0.2) is 13.2 Å². The second kappa shape index (κ2) is 6.38. The quantitative estimate of drug-likeness (QED) is 0.737. The number of hydrogen-bond donors (Lipinski definition) is 3. The van der Waals surface area contributed by atoms with Crippen LogP contribution in [0, 0.1) is 0 Å². The number of benzene rings is 1. The number of amides is 1. The Balaban J connectivity index is 3.14. The van der Waals surface area contributed by atoms with Crippen LogP contribution in [0.3, 0.4) is 0 Å². The monoisotopic (exact) mass is 300 g/mol. The van der Waals surface area contributed by atoms with E-state index >= 15 is 0 Å². The molecule has 0 fully saturated rings. The number of carboxylic acid groups (broad SMARTS) is 1. The number of anilines is 2. The highest BCUT2D eigenvalue weighted by molar-refractivity contribution is 7.92. The molecular formula is C12H16N2O5S. The Kier molecular flexibility index (Phi) is 5.09. The summed E-state index contributed by atoms with van der Waals surface area (Å²) in [6, 6.07) is 3.94. The second-order valence-electron chi connectivity index (χ2n) is 4.17. The van der Waals surface area contributed by atoms with Gasteiger partial charge < -0.3 is 10.4 Å². The number of carbonyl (C=O) groups is 2. The summed E-state index contributed by atoms with van der Waals surface area (Å²) in [4.78, 5) is 22.1. The van der Waals surface area contributed by atoms with Gasteiger partial charge in [0, 0.05) is 12.6 Å². The predicted molar refractivity (Wildman–Crippen MR) is 75.4 cm³/mol. The Morgan fingerprint density at radius 1 is 1.30 bits per heavy atom. The van der Waals surface area contributed by atoms with Crippen LogP contribution in [0.4, 0.5) is 11.4 Å². The van der Waals surface area contributed by atoms with Gasteiger partial charge in [0.25, 0.3) is 0 Å². The molecule has 0 heterocycles. The molecule has 0 aromatic heterocycles. The predicted octanol–water partition coefficient (Wildman–Crippen LogP) is 1.49. The molecule has 7 nitrogen and oxygen atoms in total. The molecule has 3 N–H and O–H groups in total. The first-order chi connectivity index (χ1) is 9.25. The lowest BCUT2D eigenvalue weighted by atomic mass is 10.1. The van der Waals surface area contributed by atoms with Crippen LogP contribution in [-0.2, 0) is 14.8 Å². The Labute approximate surface area is 117 Å². The van der Waals surface area contributed by atoms with Crippen LogP contribution in [0.15, 0.2) is 18.2 Å². The molecule has 0 aliphatic heterocycles. The number of carboxylic acids is 1. The van der Waals surface area contributed by atoms with Crippen LogP contribution >= 0.6 is 0 Å². The van der Waals surface area contributed by atoms with Crippen molar-refractivity contribution in [1.29, 1.82) is 0 Å². The molecule has 1 rings (SSSR count). The minimum Gasteiger partial charge on any atom is -0.478 e. The summed E-state index contributed by atoms with van der Waals surface area (Å²) < 4.78 is 25.6. The molecule has 0 unspecified atom stereocenters. The van der Waals surface area contributed by atoms with Crippen molar-refractivity contribution in [1.82, 2.24) is 0 Å². The van der Waals surface area contributed by atoms with E-state index in [0.29, 0.717) is 6.42 Å². The van der Waals surface area contributed by atoms with E-state index < -0.39 is 16.0 Å². The van der Waals surface area contributed by atoms with Crippen molar-refractivity contribution in [2.45, 2.75) is 20.3 Å². The normalized spacial score (nSPS) is 10.9. The summed E-state index contributed by atoms with van der Waals surface area (Å²) in [6.45, 7) is 3.00. The van der Waals surface area contributed by atoms with Crippen LogP contribution in [0.1, 0.15) is 30.6 Å². The average Bonchev–Trinajstić information content (AvgIpc) is 2.29. The molecule has 1 amide bonds. The maximum absolute atomic E-state index is 11.7. The maximum Gasteiger partial charge on any atom is 0.337 e. The molecule has 0 atom stereocenters. The average molecular weight is 300 g/mol. The lowest BCUT2D eigenvalue weighted by Gasteiger charge is -2.11. The van der Waals surface area contributed by atoms with Gasteiger partial charge in [0.15, 0.2) is 0 Å². The topological polar surface area (TPSA) is 113 Å². The Bertz CT molecular complexity index is 625. The molecule has 1 aromatic rings. The molecule has 0 saturated carbocycles. The van der Waals surface area contributed by atoms with Gasteiger partial charge in [-0.3, -0.25) is 9.52 Å². The third kappa shape index (κ3) is 4.54. The van der Waals surface area contributed by atoms with Crippen LogP contribution in [-0.4, -0.2) is 31.2 Å². The molecule has 0 bridgehead atoms. The van der Waals surface area contributed by atoms with Crippen molar-refractivity contribution in [2.24, 2.45) is 0 Å². The van der Waals surface area contributed by atoms with Crippen LogP contribution in [0.25, 0.3) is 0 Å². The molecular weight excluding hydrogens is 284 g/mol. The van der Waals surface area contributed by atoms with Crippen LogP contribution in [0.2, 0.25) is 0 Å². The van der Waals surface area contributed by atoms with Crippen molar-refractivity contribution in [2.75, 3.05) is 15.8 Å². The number of sulfonamides is 1. The van der Waals surface area contributed by atoms with Gasteiger partial charge in [0.2, 0.25) is 15.9 Å². The number of nitrogens with one attached hydrogen (secondary N) is 2. The van der Waals surface area contributed by atoms with E-state index in [9.17, 15) is 18.0 Å². The summed E-state index contributed by atoms with van der Waals surface area (Å²) in [5, 5.41) is 11.5. The second-order valence-corrected chi connectivity index (χ2v) is 6.01. The first-order valence-corrected chi connectivity index (χ1v) is 7.56. The van der Waals surface area contributed by atoms with Crippen molar-refractivity contribution in [3.05, 3.63) is 23.8 Å². The van der Waals surface area contributed by atoms with Gasteiger partial charge in [-0.15, -0.1) is 0 Å². The van der Waals surface area contributed by atoms with Gasteiger partial charge in [-0.2, -0.15) is 0 Å². The van der Waals surface area contributed by atoms with E-state index in [1.807, 2.05) is 0 Å². The fourth-order valence-electron chi connectivity index (χ4n) is 1.58. The van der Waals surface area contributed by atoms with Gasteiger partial charge in [-0.1, -0.05) is 6.92 Å². The zero-order valence-electron chi connectivity index (χ0n) is 11.1. The van der Waals surface area contributed by atoms with Crippen molar-refractivity contribution < 1.29 is 23.1 Å². The molecule has 0 spiro atoms. The van der Waals surface area contributed by atoms with E-state index in [1.165, 1.54) is 25.1 Å². The summed E-state index contributed by atoms with van der Waals surface area (Å²) in [6.07, 6.45) is 0.418. The van der Waals surface area contributed by atoms with E-state index in [-0.39, 0.29) is 28.6 Å². The zero-order valence-corrected chi connectivity index (χ0v) is 12.0. The van der Waals surface area contributed by atoms with Crippen LogP contribution in [0.5, 0.6) is 0 Å². The third-order valence-electron chi connectivity index (χ3n) is 2.31. The highest BCUT2D eigenvalue weighted by Gasteiger charge is 2.16.